The van der Waals surface area contributed by atoms with E-state index in [1.165, 1.54) is 0 Å². The van der Waals surface area contributed by atoms with Crippen LogP contribution in [0, 0.1) is 0 Å². The second kappa shape index (κ2) is 4.66. The molecule has 0 saturated carbocycles. The molecule has 1 saturated heterocycles. The molecule has 2 rings (SSSR count). The Morgan fingerprint density at radius 3 is 2.81 bits per heavy atom. The lowest BCUT2D eigenvalue weighted by Gasteiger charge is -2.29. The molecule has 1 aromatic carbocycles. The van der Waals surface area contributed by atoms with Crippen molar-refractivity contribution in [1.82, 2.24) is 0 Å². The third-order valence-electron chi connectivity index (χ3n) is 3.28. The van der Waals surface area contributed by atoms with Gasteiger partial charge >= 0.3 is 0 Å². The number of hydrogen-bond acceptors (Lipinski definition) is 3. The molecule has 3 heteroatoms. The Kier molecular flexibility index (Phi) is 3.25. The largest absolute Gasteiger partial charge is 0.376 e. The number of likely N-dealkylation sites (N-methyl/N-ethyl adjacent to an activating group) is 1. The van der Waals surface area contributed by atoms with Gasteiger partial charge in [0.05, 0.1) is 12.1 Å². The Bertz CT molecular complexity index is 378. The maximum atomic E-state index is 11.0. The van der Waals surface area contributed by atoms with Crippen LogP contribution < -0.4 is 4.90 Å². The van der Waals surface area contributed by atoms with E-state index < -0.39 is 0 Å². The molecule has 0 bridgehead atoms. The molecule has 3 nitrogen and oxygen atoms in total. The van der Waals surface area contributed by atoms with Crippen molar-refractivity contribution in [2.75, 3.05) is 18.6 Å². The highest BCUT2D eigenvalue weighted by Gasteiger charge is 2.28. The summed E-state index contributed by atoms with van der Waals surface area (Å²) in [6, 6.07) is 8.03. The molecular formula is C13H17NO2. The van der Waals surface area contributed by atoms with E-state index in [2.05, 4.69) is 11.8 Å². The van der Waals surface area contributed by atoms with E-state index in [-0.39, 0.29) is 6.10 Å². The summed E-state index contributed by atoms with van der Waals surface area (Å²) in [6.45, 7) is 2.89. The van der Waals surface area contributed by atoms with Gasteiger partial charge in [-0.15, -0.1) is 0 Å². The van der Waals surface area contributed by atoms with Crippen LogP contribution >= 0.6 is 0 Å². The van der Waals surface area contributed by atoms with Crippen LogP contribution in [-0.2, 0) is 4.74 Å². The molecule has 1 aliphatic heterocycles. The van der Waals surface area contributed by atoms with Crippen LogP contribution in [0.25, 0.3) is 0 Å². The molecule has 0 radical (unpaired) electrons. The van der Waals surface area contributed by atoms with Gasteiger partial charge in [-0.05, 0) is 25.5 Å². The fourth-order valence-corrected chi connectivity index (χ4v) is 2.32. The molecule has 0 aromatic heterocycles. The molecule has 0 N–H and O–H groups in total. The minimum Gasteiger partial charge on any atom is -0.376 e. The van der Waals surface area contributed by atoms with Crippen LogP contribution in [0.5, 0.6) is 0 Å². The smallest absolute Gasteiger partial charge is 0.152 e. The lowest BCUT2D eigenvalue weighted by Crippen LogP contribution is -2.37. The number of para-hydroxylation sites is 1. The zero-order valence-corrected chi connectivity index (χ0v) is 9.72. The van der Waals surface area contributed by atoms with Crippen LogP contribution in [0.4, 0.5) is 5.69 Å². The summed E-state index contributed by atoms with van der Waals surface area (Å²) in [7, 11) is 2.03. The standard InChI is InChI=1S/C13H17NO2/c1-10-12(7-8-16-10)14(2)13-6-4-3-5-11(13)9-15/h3-6,9-10,12H,7-8H2,1-2H3. The first-order valence-electron chi connectivity index (χ1n) is 5.62. The minimum atomic E-state index is 0.227. The molecule has 16 heavy (non-hydrogen) atoms. The zero-order chi connectivity index (χ0) is 11.5. The second-order valence-corrected chi connectivity index (χ2v) is 4.22. The van der Waals surface area contributed by atoms with Gasteiger partial charge in [0, 0.05) is 24.9 Å². The Labute approximate surface area is 96.0 Å². The Morgan fingerprint density at radius 2 is 2.19 bits per heavy atom. The van der Waals surface area contributed by atoms with Crippen LogP contribution in [-0.4, -0.2) is 32.1 Å². The molecule has 1 fully saturated rings. The quantitative estimate of drug-likeness (QED) is 0.729. The summed E-state index contributed by atoms with van der Waals surface area (Å²) in [5.41, 5.74) is 1.73. The molecule has 1 aromatic rings. The van der Waals surface area contributed by atoms with Crippen LogP contribution in [0.15, 0.2) is 24.3 Å². The number of ether oxygens (including phenoxy) is 1. The molecule has 86 valence electrons. The normalized spacial score (nSPS) is 24.4. The van der Waals surface area contributed by atoms with Gasteiger partial charge in [-0.25, -0.2) is 0 Å². The Morgan fingerprint density at radius 1 is 1.44 bits per heavy atom. The van der Waals surface area contributed by atoms with Gasteiger partial charge in [0.25, 0.3) is 0 Å². The minimum absolute atomic E-state index is 0.227. The highest BCUT2D eigenvalue weighted by molar-refractivity contribution is 5.84. The maximum absolute atomic E-state index is 11.0. The van der Waals surface area contributed by atoms with E-state index in [4.69, 9.17) is 4.74 Å². The third-order valence-corrected chi connectivity index (χ3v) is 3.28. The molecule has 2 unspecified atom stereocenters. The third kappa shape index (κ3) is 1.95. The Balaban J connectivity index is 2.25. The number of carbonyl (C=O) groups excluding carboxylic acids is 1. The zero-order valence-electron chi connectivity index (χ0n) is 9.72. The molecule has 0 amide bonds. The molecular weight excluding hydrogens is 202 g/mol. The summed E-state index contributed by atoms with van der Waals surface area (Å²) in [6.07, 6.45) is 2.15. The number of anilines is 1. The van der Waals surface area contributed by atoms with Gasteiger partial charge in [0.2, 0.25) is 0 Å². The molecule has 1 aliphatic rings. The Hall–Kier alpha value is -1.35. The topological polar surface area (TPSA) is 29.5 Å². The van der Waals surface area contributed by atoms with E-state index >= 15 is 0 Å². The van der Waals surface area contributed by atoms with Gasteiger partial charge in [-0.1, -0.05) is 12.1 Å². The van der Waals surface area contributed by atoms with Crippen LogP contribution in [0.1, 0.15) is 23.7 Å². The number of hydrogen-bond donors (Lipinski definition) is 0. The van der Waals surface area contributed by atoms with Crippen molar-refractivity contribution in [1.29, 1.82) is 0 Å². The lowest BCUT2D eigenvalue weighted by molar-refractivity contribution is 0.112. The number of carbonyl (C=O) groups is 1. The fraction of sp³-hybridized carbons (Fsp3) is 0.462. The van der Waals surface area contributed by atoms with Crippen molar-refractivity contribution in [3.8, 4) is 0 Å². The second-order valence-electron chi connectivity index (χ2n) is 4.22. The summed E-state index contributed by atoms with van der Waals surface area (Å²) < 4.78 is 5.55. The van der Waals surface area contributed by atoms with Gasteiger partial charge in [0.1, 0.15) is 0 Å². The van der Waals surface area contributed by atoms with Crippen molar-refractivity contribution in [2.24, 2.45) is 0 Å². The van der Waals surface area contributed by atoms with Gasteiger partial charge in [0.15, 0.2) is 6.29 Å². The van der Waals surface area contributed by atoms with E-state index in [1.54, 1.807) is 0 Å². The van der Waals surface area contributed by atoms with Crippen LogP contribution in [0.3, 0.4) is 0 Å². The van der Waals surface area contributed by atoms with E-state index in [1.807, 2.05) is 31.3 Å². The number of nitrogens with zero attached hydrogens (tertiary/aromatic N) is 1. The average molecular weight is 219 g/mol. The predicted octanol–water partition coefficient (Wildman–Crippen LogP) is 2.11. The van der Waals surface area contributed by atoms with Gasteiger partial charge in [-0.3, -0.25) is 4.79 Å². The van der Waals surface area contributed by atoms with E-state index in [0.717, 1.165) is 30.6 Å². The van der Waals surface area contributed by atoms with Gasteiger partial charge < -0.3 is 9.64 Å². The van der Waals surface area contributed by atoms with Crippen molar-refractivity contribution < 1.29 is 9.53 Å². The number of rotatable bonds is 3. The number of benzene rings is 1. The summed E-state index contributed by atoms with van der Waals surface area (Å²) in [5, 5.41) is 0. The molecule has 1 heterocycles. The van der Waals surface area contributed by atoms with E-state index in [0.29, 0.717) is 6.04 Å². The monoisotopic (exact) mass is 219 g/mol. The van der Waals surface area contributed by atoms with E-state index in [9.17, 15) is 4.79 Å². The fourth-order valence-electron chi connectivity index (χ4n) is 2.32. The summed E-state index contributed by atoms with van der Waals surface area (Å²) in [5.74, 6) is 0. The van der Waals surface area contributed by atoms with Crippen LogP contribution in [0.2, 0.25) is 0 Å². The maximum Gasteiger partial charge on any atom is 0.152 e. The van der Waals surface area contributed by atoms with Crippen molar-refractivity contribution in [2.45, 2.75) is 25.5 Å². The molecule has 0 spiro atoms. The first-order chi connectivity index (χ1) is 7.74. The van der Waals surface area contributed by atoms with Crippen molar-refractivity contribution in [3.63, 3.8) is 0 Å². The molecule has 2 atom stereocenters. The average Bonchev–Trinajstić information content (AvgIpc) is 2.74. The highest BCUT2D eigenvalue weighted by atomic mass is 16.5. The van der Waals surface area contributed by atoms with Gasteiger partial charge in [-0.2, -0.15) is 0 Å². The first-order valence-corrected chi connectivity index (χ1v) is 5.62. The lowest BCUT2D eigenvalue weighted by atomic mass is 10.1. The summed E-state index contributed by atoms with van der Waals surface area (Å²) in [4.78, 5) is 13.1. The predicted molar refractivity (Wildman–Crippen MR) is 64.1 cm³/mol. The van der Waals surface area contributed by atoms with Crippen molar-refractivity contribution >= 4 is 12.0 Å². The SMILES string of the molecule is CC1OCCC1N(C)c1ccccc1C=O. The van der Waals surface area contributed by atoms with Crippen molar-refractivity contribution in [3.05, 3.63) is 29.8 Å². The number of aldehydes is 1. The first kappa shape index (κ1) is 11.1. The molecule has 0 aliphatic carbocycles. The highest BCUT2D eigenvalue weighted by Crippen LogP contribution is 2.26. The summed E-state index contributed by atoms with van der Waals surface area (Å²) >= 11 is 0.